The van der Waals surface area contributed by atoms with Crippen molar-refractivity contribution in [3.05, 3.63) is 0 Å². The molecule has 0 spiro atoms. The van der Waals surface area contributed by atoms with Crippen LogP contribution in [0, 0.1) is 11.3 Å². The molecule has 3 nitrogen and oxygen atoms in total. The summed E-state index contributed by atoms with van der Waals surface area (Å²) in [6, 6.07) is 0. The summed E-state index contributed by atoms with van der Waals surface area (Å²) in [5.41, 5.74) is -1.72. The van der Waals surface area contributed by atoms with Crippen LogP contribution in [0.2, 0.25) is 0 Å². The molecule has 0 saturated carbocycles. The second kappa shape index (κ2) is 3.94. The maximum Gasteiger partial charge on any atom is 0.394 e. The summed E-state index contributed by atoms with van der Waals surface area (Å²) < 4.78 is 36.9. The summed E-state index contributed by atoms with van der Waals surface area (Å²) in [5, 5.41) is 11.1. The zero-order chi connectivity index (χ0) is 10.3. The summed E-state index contributed by atoms with van der Waals surface area (Å²) in [6.07, 6.45) is -4.45. The monoisotopic (exact) mass is 233 g/mol. The van der Waals surface area contributed by atoms with Gasteiger partial charge in [0.1, 0.15) is 0 Å². The number of hydrogen-bond donors (Lipinski definition) is 2. The van der Waals surface area contributed by atoms with Gasteiger partial charge in [-0.3, -0.25) is 4.79 Å². The fraction of sp³-hybridized carbons (Fsp3) is 0.857. The highest BCUT2D eigenvalue weighted by atomic mass is 35.5. The van der Waals surface area contributed by atoms with Crippen LogP contribution in [-0.4, -0.2) is 30.3 Å². The van der Waals surface area contributed by atoms with Crippen molar-refractivity contribution in [2.75, 3.05) is 13.1 Å². The first-order valence-corrected chi connectivity index (χ1v) is 3.79. The first-order valence-electron chi connectivity index (χ1n) is 3.79. The molecule has 1 fully saturated rings. The van der Waals surface area contributed by atoms with E-state index in [9.17, 15) is 18.0 Å². The van der Waals surface area contributed by atoms with Crippen LogP contribution in [0.3, 0.4) is 0 Å². The highest BCUT2D eigenvalue weighted by molar-refractivity contribution is 5.85. The Bertz CT molecular complexity index is 233. The molecule has 0 aromatic carbocycles. The van der Waals surface area contributed by atoms with Crippen LogP contribution in [0.25, 0.3) is 0 Å². The predicted octanol–water partition coefficient (Wildman–Crippen LogP) is 1.28. The van der Waals surface area contributed by atoms with E-state index < -0.39 is 23.5 Å². The predicted molar refractivity (Wildman–Crippen MR) is 45.4 cm³/mol. The molecule has 14 heavy (non-hydrogen) atoms. The van der Waals surface area contributed by atoms with Gasteiger partial charge in [-0.2, -0.15) is 13.2 Å². The standard InChI is InChI=1S/C7H10F3NO2.ClH/c1-6(5(12)13)3-11-2-4(6)7(8,9)10;/h4,11H,2-3H2,1H3,(H,12,13);1H. The van der Waals surface area contributed by atoms with Crippen LogP contribution in [0.1, 0.15) is 6.92 Å². The van der Waals surface area contributed by atoms with Gasteiger partial charge in [-0.1, -0.05) is 0 Å². The number of rotatable bonds is 1. The minimum atomic E-state index is -4.45. The molecule has 1 heterocycles. The largest absolute Gasteiger partial charge is 0.481 e. The van der Waals surface area contributed by atoms with E-state index >= 15 is 0 Å². The van der Waals surface area contributed by atoms with Gasteiger partial charge in [0, 0.05) is 13.1 Å². The third-order valence-electron chi connectivity index (χ3n) is 2.49. The first-order chi connectivity index (χ1) is 5.78. The number of aliphatic carboxylic acids is 1. The number of halogens is 4. The number of nitrogens with one attached hydrogen (secondary N) is 1. The van der Waals surface area contributed by atoms with E-state index in [0.717, 1.165) is 6.92 Å². The Labute approximate surface area is 85.1 Å². The van der Waals surface area contributed by atoms with Gasteiger partial charge >= 0.3 is 12.1 Å². The molecule has 2 N–H and O–H groups in total. The summed E-state index contributed by atoms with van der Waals surface area (Å²) in [5.74, 6) is -3.20. The van der Waals surface area contributed by atoms with Gasteiger partial charge in [-0.05, 0) is 6.92 Å². The zero-order valence-electron chi connectivity index (χ0n) is 7.39. The second-order valence-corrected chi connectivity index (χ2v) is 3.45. The van der Waals surface area contributed by atoms with Crippen LogP contribution in [0.5, 0.6) is 0 Å². The van der Waals surface area contributed by atoms with E-state index in [1.165, 1.54) is 0 Å². The number of hydrogen-bond acceptors (Lipinski definition) is 2. The fourth-order valence-electron chi connectivity index (χ4n) is 1.53. The lowest BCUT2D eigenvalue weighted by atomic mass is 9.79. The molecule has 1 aliphatic rings. The smallest absolute Gasteiger partial charge is 0.394 e. The highest BCUT2D eigenvalue weighted by Gasteiger charge is 2.57. The van der Waals surface area contributed by atoms with E-state index in [2.05, 4.69) is 5.32 Å². The van der Waals surface area contributed by atoms with Crippen molar-refractivity contribution in [3.8, 4) is 0 Å². The Hall–Kier alpha value is -0.490. The third kappa shape index (κ3) is 2.12. The Balaban J connectivity index is 0.00000169. The van der Waals surface area contributed by atoms with Gasteiger partial charge in [-0.15, -0.1) is 12.4 Å². The average Bonchev–Trinajstić information content (AvgIpc) is 2.31. The van der Waals surface area contributed by atoms with Gasteiger partial charge in [-0.25, -0.2) is 0 Å². The van der Waals surface area contributed by atoms with Crippen molar-refractivity contribution in [2.45, 2.75) is 13.1 Å². The van der Waals surface area contributed by atoms with Gasteiger partial charge in [0.05, 0.1) is 11.3 Å². The van der Waals surface area contributed by atoms with Crippen molar-refractivity contribution in [1.29, 1.82) is 0 Å². The molecular weight excluding hydrogens is 223 g/mol. The Morgan fingerprint density at radius 3 is 2.36 bits per heavy atom. The van der Waals surface area contributed by atoms with Gasteiger partial charge in [0.15, 0.2) is 0 Å². The molecule has 2 atom stereocenters. The minimum absolute atomic E-state index is 0. The lowest BCUT2D eigenvalue weighted by molar-refractivity contribution is -0.201. The zero-order valence-corrected chi connectivity index (χ0v) is 8.21. The third-order valence-corrected chi connectivity index (χ3v) is 2.49. The molecule has 0 amide bonds. The SMILES string of the molecule is CC1(C(=O)O)CNCC1C(F)(F)F.Cl. The van der Waals surface area contributed by atoms with Crippen molar-refractivity contribution in [2.24, 2.45) is 11.3 Å². The van der Waals surface area contributed by atoms with Crippen molar-refractivity contribution in [3.63, 3.8) is 0 Å². The number of carbonyl (C=O) groups is 1. The topological polar surface area (TPSA) is 49.3 Å². The van der Waals surface area contributed by atoms with Crippen LogP contribution >= 0.6 is 12.4 Å². The number of carboxylic acid groups (broad SMARTS) is 1. The second-order valence-electron chi connectivity index (χ2n) is 3.45. The van der Waals surface area contributed by atoms with Crippen LogP contribution in [0.4, 0.5) is 13.2 Å². The maximum absolute atomic E-state index is 12.3. The van der Waals surface area contributed by atoms with Gasteiger partial charge in [0.25, 0.3) is 0 Å². The number of carboxylic acids is 1. The molecule has 7 heteroatoms. The van der Waals surface area contributed by atoms with Crippen LogP contribution in [0.15, 0.2) is 0 Å². The Kier molecular flexibility index (Phi) is 3.80. The highest BCUT2D eigenvalue weighted by Crippen LogP contribution is 2.42. The Morgan fingerprint density at radius 2 is 2.07 bits per heavy atom. The van der Waals surface area contributed by atoms with E-state index in [1.807, 2.05) is 0 Å². The van der Waals surface area contributed by atoms with Gasteiger partial charge < -0.3 is 10.4 Å². The van der Waals surface area contributed by atoms with Gasteiger partial charge in [0.2, 0.25) is 0 Å². The van der Waals surface area contributed by atoms with E-state index in [0.29, 0.717) is 0 Å². The molecule has 1 rings (SSSR count). The van der Waals surface area contributed by atoms with E-state index in [4.69, 9.17) is 5.11 Å². The van der Waals surface area contributed by atoms with Crippen molar-refractivity contribution >= 4 is 18.4 Å². The summed E-state index contributed by atoms with van der Waals surface area (Å²) in [6.45, 7) is 0.673. The van der Waals surface area contributed by atoms with Crippen LogP contribution < -0.4 is 5.32 Å². The normalized spacial score (nSPS) is 32.4. The summed E-state index contributed by atoms with van der Waals surface area (Å²) in [4.78, 5) is 10.6. The quantitative estimate of drug-likeness (QED) is 0.717. The first kappa shape index (κ1) is 13.5. The molecule has 1 saturated heterocycles. The molecule has 1 aliphatic heterocycles. The van der Waals surface area contributed by atoms with Crippen molar-refractivity contribution < 1.29 is 23.1 Å². The molecule has 0 radical (unpaired) electrons. The average molecular weight is 234 g/mol. The molecule has 2 unspecified atom stereocenters. The Morgan fingerprint density at radius 1 is 1.57 bits per heavy atom. The summed E-state index contributed by atoms with van der Waals surface area (Å²) >= 11 is 0. The van der Waals surface area contributed by atoms with E-state index in [-0.39, 0.29) is 25.5 Å². The minimum Gasteiger partial charge on any atom is -0.481 e. The van der Waals surface area contributed by atoms with Crippen molar-refractivity contribution in [1.82, 2.24) is 5.32 Å². The number of alkyl halides is 3. The molecule has 0 bridgehead atoms. The van der Waals surface area contributed by atoms with Crippen LogP contribution in [-0.2, 0) is 4.79 Å². The summed E-state index contributed by atoms with van der Waals surface area (Å²) in [7, 11) is 0. The van der Waals surface area contributed by atoms with E-state index in [1.54, 1.807) is 0 Å². The molecule has 0 aromatic rings. The molecule has 84 valence electrons. The molecule has 0 aromatic heterocycles. The fourth-order valence-corrected chi connectivity index (χ4v) is 1.53. The molecular formula is C7H11ClF3NO2. The lowest BCUT2D eigenvalue weighted by Crippen LogP contribution is -2.42. The maximum atomic E-state index is 12.3. The lowest BCUT2D eigenvalue weighted by Gasteiger charge is -2.27. The molecule has 0 aliphatic carbocycles.